The molecule has 4 heteroatoms. The molecule has 0 fully saturated rings. The van der Waals surface area contributed by atoms with E-state index >= 15 is 0 Å². The third kappa shape index (κ3) is 2.13. The van der Waals surface area contributed by atoms with Crippen LogP contribution in [0.3, 0.4) is 0 Å². The molecule has 2 aromatic carbocycles. The lowest BCUT2D eigenvalue weighted by molar-refractivity contribution is 0.296. The van der Waals surface area contributed by atoms with Crippen LogP contribution >= 0.6 is 11.6 Å². The molecule has 2 heterocycles. The Labute approximate surface area is 133 Å². The largest absolute Gasteiger partial charge is 0.464 e. The molecular formula is C18H15ClFNO. The van der Waals surface area contributed by atoms with Gasteiger partial charge in [0.1, 0.15) is 11.4 Å². The van der Waals surface area contributed by atoms with E-state index in [4.69, 9.17) is 16.0 Å². The summed E-state index contributed by atoms with van der Waals surface area (Å²) in [5, 5.41) is 1.31. The second kappa shape index (κ2) is 5.11. The number of halogens is 2. The number of nitrogens with zero attached hydrogens (tertiary/aromatic N) is 1. The maximum absolute atomic E-state index is 13.9. The lowest BCUT2D eigenvalue weighted by Gasteiger charge is -2.33. The zero-order chi connectivity index (χ0) is 15.3. The molecule has 22 heavy (non-hydrogen) atoms. The van der Waals surface area contributed by atoms with Gasteiger partial charge >= 0.3 is 0 Å². The van der Waals surface area contributed by atoms with Gasteiger partial charge in [0.2, 0.25) is 0 Å². The molecule has 0 aliphatic carbocycles. The molecular weight excluding hydrogens is 301 g/mol. The SMILES string of the molecule is CN1Cc2c(ccc3occc23)C(c2ccc(Cl)c(F)c2)C1. The Morgan fingerprint density at radius 1 is 1.23 bits per heavy atom. The zero-order valence-corrected chi connectivity index (χ0v) is 12.9. The van der Waals surface area contributed by atoms with E-state index in [1.165, 1.54) is 11.1 Å². The first-order valence-corrected chi connectivity index (χ1v) is 7.64. The van der Waals surface area contributed by atoms with Crippen LogP contribution in [0.1, 0.15) is 22.6 Å². The van der Waals surface area contributed by atoms with Gasteiger partial charge in [0.15, 0.2) is 0 Å². The maximum Gasteiger partial charge on any atom is 0.142 e. The predicted molar refractivity (Wildman–Crippen MR) is 85.8 cm³/mol. The molecule has 2 nitrogen and oxygen atoms in total. The van der Waals surface area contributed by atoms with Crippen LogP contribution in [0.25, 0.3) is 11.0 Å². The number of benzene rings is 2. The van der Waals surface area contributed by atoms with Gasteiger partial charge in [-0.1, -0.05) is 23.7 Å². The zero-order valence-electron chi connectivity index (χ0n) is 12.1. The predicted octanol–water partition coefficient (Wildman–Crippen LogP) is 4.80. The fraction of sp³-hybridized carbons (Fsp3) is 0.222. The van der Waals surface area contributed by atoms with Crippen molar-refractivity contribution in [3.8, 4) is 0 Å². The monoisotopic (exact) mass is 315 g/mol. The van der Waals surface area contributed by atoms with Crippen LogP contribution in [0, 0.1) is 5.82 Å². The Bertz CT molecular complexity index is 857. The number of furan rings is 1. The van der Waals surface area contributed by atoms with Gasteiger partial charge in [-0.15, -0.1) is 0 Å². The summed E-state index contributed by atoms with van der Waals surface area (Å²) in [4.78, 5) is 2.26. The average Bonchev–Trinajstić information content (AvgIpc) is 2.98. The summed E-state index contributed by atoms with van der Waals surface area (Å²) in [6.45, 7) is 1.73. The average molecular weight is 316 g/mol. The van der Waals surface area contributed by atoms with E-state index in [0.29, 0.717) is 0 Å². The molecule has 1 aliphatic rings. The van der Waals surface area contributed by atoms with Gasteiger partial charge in [-0.3, -0.25) is 0 Å². The number of fused-ring (bicyclic) bond motifs is 3. The Morgan fingerprint density at radius 2 is 2.09 bits per heavy atom. The van der Waals surface area contributed by atoms with Crippen molar-refractivity contribution in [3.63, 3.8) is 0 Å². The molecule has 1 unspecified atom stereocenters. The highest BCUT2D eigenvalue weighted by molar-refractivity contribution is 6.30. The van der Waals surface area contributed by atoms with Gasteiger partial charge in [-0.25, -0.2) is 4.39 Å². The van der Waals surface area contributed by atoms with E-state index in [-0.39, 0.29) is 16.8 Å². The summed E-state index contributed by atoms with van der Waals surface area (Å²) in [5.41, 5.74) is 4.36. The first kappa shape index (κ1) is 13.8. The van der Waals surface area contributed by atoms with Crippen LogP contribution in [0.15, 0.2) is 47.1 Å². The van der Waals surface area contributed by atoms with Crippen LogP contribution in [-0.2, 0) is 6.54 Å². The first-order chi connectivity index (χ1) is 10.6. The molecule has 112 valence electrons. The quantitative estimate of drug-likeness (QED) is 0.641. The highest BCUT2D eigenvalue weighted by Gasteiger charge is 2.27. The topological polar surface area (TPSA) is 16.4 Å². The normalized spacial score (nSPS) is 18.6. The van der Waals surface area contributed by atoms with Crippen LogP contribution in [-0.4, -0.2) is 18.5 Å². The van der Waals surface area contributed by atoms with Gasteiger partial charge in [-0.05, 0) is 48.0 Å². The van der Waals surface area contributed by atoms with Gasteiger partial charge in [-0.2, -0.15) is 0 Å². The maximum atomic E-state index is 13.9. The highest BCUT2D eigenvalue weighted by atomic mass is 35.5. The lowest BCUT2D eigenvalue weighted by Crippen LogP contribution is -2.31. The molecule has 0 amide bonds. The number of likely N-dealkylation sites (N-methyl/N-ethyl adjacent to an activating group) is 1. The molecule has 0 bridgehead atoms. The van der Waals surface area contributed by atoms with Gasteiger partial charge in [0, 0.05) is 24.4 Å². The van der Waals surface area contributed by atoms with Crippen molar-refractivity contribution in [2.24, 2.45) is 0 Å². The summed E-state index contributed by atoms with van der Waals surface area (Å²) in [5.74, 6) is -0.224. The molecule has 4 rings (SSSR count). The Morgan fingerprint density at radius 3 is 2.91 bits per heavy atom. The van der Waals surface area contributed by atoms with Crippen LogP contribution in [0.2, 0.25) is 5.02 Å². The smallest absolute Gasteiger partial charge is 0.142 e. The van der Waals surface area contributed by atoms with Crippen molar-refractivity contribution < 1.29 is 8.81 Å². The third-order valence-electron chi connectivity index (χ3n) is 4.43. The Kier molecular flexibility index (Phi) is 3.21. The van der Waals surface area contributed by atoms with Gasteiger partial charge in [0.25, 0.3) is 0 Å². The third-order valence-corrected chi connectivity index (χ3v) is 4.73. The minimum absolute atomic E-state index is 0.139. The molecule has 1 aliphatic heterocycles. The first-order valence-electron chi connectivity index (χ1n) is 7.26. The number of rotatable bonds is 1. The van der Waals surface area contributed by atoms with E-state index in [9.17, 15) is 4.39 Å². The summed E-state index contributed by atoms with van der Waals surface area (Å²) in [6, 6.07) is 11.2. The van der Waals surface area contributed by atoms with Gasteiger partial charge in [0.05, 0.1) is 11.3 Å². The molecule has 0 saturated carbocycles. The van der Waals surface area contributed by atoms with Crippen molar-refractivity contribution in [1.82, 2.24) is 4.90 Å². The molecule has 1 aromatic heterocycles. The van der Waals surface area contributed by atoms with Crippen molar-refractivity contribution >= 4 is 22.6 Å². The second-order valence-corrected chi connectivity index (χ2v) is 6.30. The number of hydrogen-bond donors (Lipinski definition) is 0. The molecule has 3 aromatic rings. The second-order valence-electron chi connectivity index (χ2n) is 5.89. The van der Waals surface area contributed by atoms with Crippen molar-refractivity contribution in [2.45, 2.75) is 12.5 Å². The summed E-state index contributed by atoms with van der Waals surface area (Å²) >= 11 is 5.81. The highest BCUT2D eigenvalue weighted by Crippen LogP contribution is 2.37. The Balaban J connectivity index is 1.89. The fourth-order valence-corrected chi connectivity index (χ4v) is 3.50. The van der Waals surface area contributed by atoms with Crippen molar-refractivity contribution in [3.05, 3.63) is 70.2 Å². The van der Waals surface area contributed by atoms with E-state index in [2.05, 4.69) is 18.0 Å². The van der Waals surface area contributed by atoms with Gasteiger partial charge < -0.3 is 9.32 Å². The fourth-order valence-electron chi connectivity index (χ4n) is 3.38. The van der Waals surface area contributed by atoms with Crippen molar-refractivity contribution in [1.29, 1.82) is 0 Å². The molecule has 0 spiro atoms. The minimum Gasteiger partial charge on any atom is -0.464 e. The Hall–Kier alpha value is -1.84. The van der Waals surface area contributed by atoms with E-state index in [1.807, 2.05) is 18.2 Å². The van der Waals surface area contributed by atoms with Crippen LogP contribution in [0.5, 0.6) is 0 Å². The van der Waals surface area contributed by atoms with E-state index < -0.39 is 0 Å². The lowest BCUT2D eigenvalue weighted by atomic mass is 9.83. The van der Waals surface area contributed by atoms with Crippen LogP contribution in [0.4, 0.5) is 4.39 Å². The molecule has 0 saturated heterocycles. The van der Waals surface area contributed by atoms with Crippen LogP contribution < -0.4 is 0 Å². The van der Waals surface area contributed by atoms with E-state index in [1.54, 1.807) is 18.4 Å². The molecule has 0 N–H and O–H groups in total. The minimum atomic E-state index is -0.363. The summed E-state index contributed by atoms with van der Waals surface area (Å²) in [7, 11) is 2.08. The molecule has 1 atom stereocenters. The summed E-state index contributed by atoms with van der Waals surface area (Å²) < 4.78 is 19.3. The standard InChI is InChI=1S/C18H15ClFNO/c1-21-9-14(11-2-4-16(19)17(20)8-11)12-3-5-18-13(6-7-22-18)15(12)10-21/h2-8,14H,9-10H2,1H3. The number of hydrogen-bond acceptors (Lipinski definition) is 2. The van der Waals surface area contributed by atoms with E-state index in [0.717, 1.165) is 29.6 Å². The summed E-state index contributed by atoms with van der Waals surface area (Å²) in [6.07, 6.45) is 1.72. The molecule has 0 radical (unpaired) electrons. The van der Waals surface area contributed by atoms with Crippen molar-refractivity contribution in [2.75, 3.05) is 13.6 Å².